The van der Waals surface area contributed by atoms with Crippen molar-refractivity contribution in [1.82, 2.24) is 20.4 Å². The molecule has 3 aliphatic heterocycles. The van der Waals surface area contributed by atoms with Crippen LogP contribution in [-0.4, -0.2) is 94.1 Å². The van der Waals surface area contributed by atoms with Gasteiger partial charge in [0.15, 0.2) is 0 Å². The van der Waals surface area contributed by atoms with Crippen LogP contribution in [0.5, 0.6) is 0 Å². The average molecular weight is 463 g/mol. The summed E-state index contributed by atoms with van der Waals surface area (Å²) in [5.41, 5.74) is 1.21. The second-order valence-corrected chi connectivity index (χ2v) is 9.68. The van der Waals surface area contributed by atoms with Crippen molar-refractivity contribution >= 4 is 6.03 Å². The van der Waals surface area contributed by atoms with Crippen molar-refractivity contribution in [2.75, 3.05) is 72.2 Å². The molecule has 1 aromatic carbocycles. The summed E-state index contributed by atoms with van der Waals surface area (Å²) in [4.78, 5) is 17.4. The summed E-state index contributed by atoms with van der Waals surface area (Å²) >= 11 is 0. The van der Waals surface area contributed by atoms with Gasteiger partial charge < -0.3 is 25.0 Å². The Morgan fingerprint density at radius 3 is 2.67 bits per heavy atom. The number of carbonyl (C=O) groups excluding carboxylic acids is 1. The van der Waals surface area contributed by atoms with E-state index < -0.39 is 0 Å². The Kier molecular flexibility index (Phi) is 9.35. The molecule has 1 aromatic rings. The van der Waals surface area contributed by atoms with Crippen molar-refractivity contribution in [1.29, 1.82) is 0 Å². The number of piperidine rings is 1. The number of urea groups is 1. The summed E-state index contributed by atoms with van der Waals surface area (Å²) in [5.74, 6) is 0.819. The number of carbonyl (C=O) groups is 1. The summed E-state index contributed by atoms with van der Waals surface area (Å²) in [5, 5.41) is 6.18. The zero-order chi connectivity index (χ0) is 22.9. The Labute approximate surface area is 197 Å². The van der Waals surface area contributed by atoms with Crippen molar-refractivity contribution in [3.05, 3.63) is 35.6 Å². The molecule has 0 bridgehead atoms. The van der Waals surface area contributed by atoms with Gasteiger partial charge in [0, 0.05) is 45.9 Å². The fourth-order valence-corrected chi connectivity index (χ4v) is 5.30. The van der Waals surface area contributed by atoms with E-state index in [0.717, 1.165) is 71.9 Å². The quantitative estimate of drug-likeness (QED) is 0.620. The highest BCUT2D eigenvalue weighted by Gasteiger charge is 2.30. The molecule has 4 rings (SSSR count). The maximum Gasteiger partial charge on any atom is 0.315 e. The Morgan fingerprint density at radius 2 is 1.85 bits per heavy atom. The van der Waals surface area contributed by atoms with Crippen molar-refractivity contribution in [2.45, 2.75) is 31.7 Å². The average Bonchev–Trinajstić information content (AvgIpc) is 2.83. The van der Waals surface area contributed by atoms with E-state index in [0.29, 0.717) is 25.0 Å². The summed E-state index contributed by atoms with van der Waals surface area (Å²) in [6.07, 6.45) is 4.37. The molecule has 0 unspecified atom stereocenters. The number of morpholine rings is 1. The van der Waals surface area contributed by atoms with E-state index in [2.05, 4.69) is 20.4 Å². The molecular formula is C25H39FN4O3. The van der Waals surface area contributed by atoms with Gasteiger partial charge in [-0.05, 0) is 61.8 Å². The fourth-order valence-electron chi connectivity index (χ4n) is 5.30. The van der Waals surface area contributed by atoms with Gasteiger partial charge >= 0.3 is 6.03 Å². The van der Waals surface area contributed by atoms with Gasteiger partial charge in [0.25, 0.3) is 0 Å². The highest BCUT2D eigenvalue weighted by Crippen LogP contribution is 2.24. The zero-order valence-corrected chi connectivity index (χ0v) is 19.6. The van der Waals surface area contributed by atoms with Crippen molar-refractivity contribution in [3.8, 4) is 0 Å². The molecule has 184 valence electrons. The summed E-state index contributed by atoms with van der Waals surface area (Å²) < 4.78 is 24.3. The molecule has 3 heterocycles. The molecule has 0 radical (unpaired) electrons. The molecule has 3 atom stereocenters. The smallest absolute Gasteiger partial charge is 0.315 e. The monoisotopic (exact) mass is 462 g/mol. The van der Waals surface area contributed by atoms with Gasteiger partial charge in [-0.15, -0.1) is 0 Å². The van der Waals surface area contributed by atoms with Gasteiger partial charge in [0.1, 0.15) is 5.82 Å². The van der Waals surface area contributed by atoms with E-state index >= 15 is 0 Å². The Bertz CT molecular complexity index is 729. The van der Waals surface area contributed by atoms with Crippen LogP contribution in [0.4, 0.5) is 9.18 Å². The van der Waals surface area contributed by atoms with E-state index in [9.17, 15) is 9.18 Å². The number of amides is 2. The number of ether oxygens (including phenoxy) is 2. The lowest BCUT2D eigenvalue weighted by Gasteiger charge is -2.39. The summed E-state index contributed by atoms with van der Waals surface area (Å²) in [6, 6.07) is 6.87. The third-order valence-electron chi connectivity index (χ3n) is 7.17. The second kappa shape index (κ2) is 12.6. The number of hydrogen-bond acceptors (Lipinski definition) is 5. The molecule has 2 N–H and O–H groups in total. The maximum atomic E-state index is 13.2. The standard InChI is InChI=1S/C25H39FN4O3/c26-23-5-3-20(4-6-23)16-21-2-1-9-30(17-21)18-22-7-13-33-19-24(22)28-25(31)27-8-10-29-11-14-32-15-12-29/h3-6,21-22,24H,1-2,7-19H2,(H2,27,28,31)/t21-,22-,24+/m0/s1. The van der Waals surface area contributed by atoms with Crippen LogP contribution in [0.1, 0.15) is 24.8 Å². The van der Waals surface area contributed by atoms with Crippen LogP contribution >= 0.6 is 0 Å². The molecule has 33 heavy (non-hydrogen) atoms. The lowest BCUT2D eigenvalue weighted by molar-refractivity contribution is 0.0207. The van der Waals surface area contributed by atoms with Crippen LogP contribution in [0.25, 0.3) is 0 Å². The highest BCUT2D eigenvalue weighted by molar-refractivity contribution is 5.74. The van der Waals surface area contributed by atoms with E-state index in [1.807, 2.05) is 12.1 Å². The number of hydrogen-bond donors (Lipinski definition) is 2. The maximum absolute atomic E-state index is 13.2. The molecule has 3 aliphatic rings. The largest absolute Gasteiger partial charge is 0.379 e. The van der Waals surface area contributed by atoms with E-state index in [1.165, 1.54) is 18.4 Å². The van der Waals surface area contributed by atoms with E-state index in [4.69, 9.17) is 9.47 Å². The topological polar surface area (TPSA) is 66.1 Å². The molecule has 0 spiro atoms. The normalized spacial score (nSPS) is 27.2. The molecule has 2 amide bonds. The first-order chi connectivity index (χ1) is 16.2. The summed E-state index contributed by atoms with van der Waals surface area (Å²) in [6.45, 7) is 9.39. The minimum atomic E-state index is -0.174. The van der Waals surface area contributed by atoms with Crippen molar-refractivity contribution in [3.63, 3.8) is 0 Å². The van der Waals surface area contributed by atoms with Gasteiger partial charge in [-0.2, -0.15) is 0 Å². The van der Waals surface area contributed by atoms with Crippen LogP contribution in [0.15, 0.2) is 24.3 Å². The van der Waals surface area contributed by atoms with Crippen LogP contribution in [0.2, 0.25) is 0 Å². The van der Waals surface area contributed by atoms with Crippen molar-refractivity contribution < 1.29 is 18.7 Å². The first kappa shape index (κ1) is 24.4. The Morgan fingerprint density at radius 1 is 1.03 bits per heavy atom. The van der Waals surface area contributed by atoms with Gasteiger partial charge in [-0.25, -0.2) is 9.18 Å². The van der Waals surface area contributed by atoms with Crippen LogP contribution < -0.4 is 10.6 Å². The summed E-state index contributed by atoms with van der Waals surface area (Å²) in [7, 11) is 0. The number of nitrogens with one attached hydrogen (secondary N) is 2. The van der Waals surface area contributed by atoms with Crippen molar-refractivity contribution in [2.24, 2.45) is 11.8 Å². The first-order valence-corrected chi connectivity index (χ1v) is 12.5. The van der Waals surface area contributed by atoms with Gasteiger partial charge in [0.05, 0.1) is 25.9 Å². The second-order valence-electron chi connectivity index (χ2n) is 9.68. The van der Waals surface area contributed by atoms with Gasteiger partial charge in [-0.1, -0.05) is 12.1 Å². The molecule has 0 aliphatic carbocycles. The predicted octanol–water partition coefficient (Wildman–Crippen LogP) is 2.12. The van der Waals surface area contributed by atoms with Gasteiger partial charge in [-0.3, -0.25) is 4.90 Å². The molecule has 3 saturated heterocycles. The van der Waals surface area contributed by atoms with Crippen LogP contribution in [-0.2, 0) is 15.9 Å². The predicted molar refractivity (Wildman–Crippen MR) is 126 cm³/mol. The third-order valence-corrected chi connectivity index (χ3v) is 7.17. The Balaban J connectivity index is 1.21. The number of nitrogens with zero attached hydrogens (tertiary/aromatic N) is 2. The first-order valence-electron chi connectivity index (χ1n) is 12.5. The number of likely N-dealkylation sites (tertiary alicyclic amines) is 1. The van der Waals surface area contributed by atoms with Crippen LogP contribution in [0, 0.1) is 17.7 Å². The van der Waals surface area contributed by atoms with E-state index in [1.54, 1.807) is 12.1 Å². The molecule has 0 aromatic heterocycles. The number of benzene rings is 1. The Hall–Kier alpha value is -1.74. The molecule has 8 heteroatoms. The number of rotatable bonds is 8. The molecule has 3 fully saturated rings. The minimum absolute atomic E-state index is 0.0413. The molecule has 7 nitrogen and oxygen atoms in total. The zero-order valence-electron chi connectivity index (χ0n) is 19.6. The SMILES string of the molecule is O=C(NCCN1CCOCC1)N[C@@H]1COCC[C@H]1CN1CCC[C@@H](Cc2ccc(F)cc2)C1. The van der Waals surface area contributed by atoms with Gasteiger partial charge in [0.2, 0.25) is 0 Å². The number of halogens is 1. The fraction of sp³-hybridized carbons (Fsp3) is 0.720. The minimum Gasteiger partial charge on any atom is -0.379 e. The highest BCUT2D eigenvalue weighted by atomic mass is 19.1. The lowest BCUT2D eigenvalue weighted by atomic mass is 9.89. The lowest BCUT2D eigenvalue weighted by Crippen LogP contribution is -2.54. The van der Waals surface area contributed by atoms with E-state index in [-0.39, 0.29) is 17.9 Å². The van der Waals surface area contributed by atoms with Crippen LogP contribution in [0.3, 0.4) is 0 Å². The molecular weight excluding hydrogens is 423 g/mol. The third kappa shape index (κ3) is 7.91. The molecule has 0 saturated carbocycles.